The summed E-state index contributed by atoms with van der Waals surface area (Å²) in [6.07, 6.45) is 2.05. The fourth-order valence-electron chi connectivity index (χ4n) is 1.78. The molecule has 0 aliphatic carbocycles. The van der Waals surface area contributed by atoms with Gasteiger partial charge in [-0.15, -0.1) is 0 Å². The molecule has 1 unspecified atom stereocenters. The van der Waals surface area contributed by atoms with Gasteiger partial charge < -0.3 is 4.42 Å². The maximum absolute atomic E-state index is 5.85. The number of thioether (sulfide) groups is 1. The predicted octanol–water partition coefficient (Wildman–Crippen LogP) is 2.61. The lowest BCUT2D eigenvalue weighted by molar-refractivity contribution is 0.463. The molecule has 1 atom stereocenters. The molecule has 16 heavy (non-hydrogen) atoms. The van der Waals surface area contributed by atoms with Crippen LogP contribution < -0.4 is 11.3 Å². The molecule has 0 aliphatic rings. The second-order valence-electron chi connectivity index (χ2n) is 3.82. The van der Waals surface area contributed by atoms with Gasteiger partial charge in [0, 0.05) is 11.1 Å². The van der Waals surface area contributed by atoms with E-state index in [1.165, 1.54) is 0 Å². The van der Waals surface area contributed by atoms with E-state index in [0.717, 1.165) is 28.0 Å². The van der Waals surface area contributed by atoms with Crippen LogP contribution in [-0.4, -0.2) is 12.0 Å². The number of aryl methyl sites for hydroxylation is 1. The molecular formula is C12H16N2OS. The van der Waals surface area contributed by atoms with Crippen molar-refractivity contribution in [1.82, 2.24) is 5.43 Å². The predicted molar refractivity (Wildman–Crippen MR) is 69.4 cm³/mol. The maximum atomic E-state index is 5.85. The average molecular weight is 236 g/mol. The largest absolute Gasteiger partial charge is 0.459 e. The van der Waals surface area contributed by atoms with E-state index in [1.54, 1.807) is 11.8 Å². The van der Waals surface area contributed by atoms with Gasteiger partial charge in [0.15, 0.2) is 0 Å². The van der Waals surface area contributed by atoms with Gasteiger partial charge in [0.1, 0.15) is 11.3 Å². The first-order chi connectivity index (χ1) is 7.76. The summed E-state index contributed by atoms with van der Waals surface area (Å²) in [4.78, 5) is 0. The smallest absolute Gasteiger partial charge is 0.137 e. The third-order valence-corrected chi connectivity index (χ3v) is 3.30. The highest BCUT2D eigenvalue weighted by atomic mass is 32.2. The van der Waals surface area contributed by atoms with Crippen LogP contribution in [0.3, 0.4) is 0 Å². The number of nitrogens with one attached hydrogen (secondary N) is 1. The third-order valence-electron chi connectivity index (χ3n) is 2.64. The van der Waals surface area contributed by atoms with Crippen LogP contribution in [-0.2, 0) is 0 Å². The Morgan fingerprint density at radius 2 is 2.31 bits per heavy atom. The summed E-state index contributed by atoms with van der Waals surface area (Å²) in [5, 5.41) is 1.14. The summed E-state index contributed by atoms with van der Waals surface area (Å²) in [5.74, 6) is 7.33. The standard InChI is InChI=1S/C12H16N2OS/c1-8-4-3-5-9-6-11(15-12(8)9)10(14-13)7-16-2/h3-6,10,14H,7,13H2,1-2H3. The molecule has 0 saturated carbocycles. The zero-order valence-electron chi connectivity index (χ0n) is 9.49. The minimum atomic E-state index is 0.0711. The number of furan rings is 1. The van der Waals surface area contributed by atoms with Crippen molar-refractivity contribution in [1.29, 1.82) is 0 Å². The van der Waals surface area contributed by atoms with Gasteiger partial charge in [0.25, 0.3) is 0 Å². The Morgan fingerprint density at radius 3 is 2.94 bits per heavy atom. The fourth-order valence-corrected chi connectivity index (χ4v) is 2.37. The number of benzene rings is 1. The van der Waals surface area contributed by atoms with Crippen molar-refractivity contribution in [2.24, 2.45) is 5.84 Å². The van der Waals surface area contributed by atoms with E-state index in [-0.39, 0.29) is 6.04 Å². The second kappa shape index (κ2) is 4.91. The molecule has 1 aromatic carbocycles. The lowest BCUT2D eigenvalue weighted by Gasteiger charge is -2.10. The van der Waals surface area contributed by atoms with Crippen molar-refractivity contribution in [2.45, 2.75) is 13.0 Å². The lowest BCUT2D eigenvalue weighted by Crippen LogP contribution is -2.29. The molecule has 1 aromatic heterocycles. The molecule has 0 bridgehead atoms. The Hall–Kier alpha value is -0.970. The molecule has 0 spiro atoms. The van der Waals surface area contributed by atoms with Crippen molar-refractivity contribution in [3.05, 3.63) is 35.6 Å². The van der Waals surface area contributed by atoms with Gasteiger partial charge in [-0.2, -0.15) is 11.8 Å². The molecule has 0 aliphatic heterocycles. The van der Waals surface area contributed by atoms with Gasteiger partial charge in [-0.3, -0.25) is 5.84 Å². The molecule has 0 radical (unpaired) electrons. The molecule has 2 rings (SSSR count). The van der Waals surface area contributed by atoms with Gasteiger partial charge in [0.05, 0.1) is 6.04 Å². The number of hydrazine groups is 1. The topological polar surface area (TPSA) is 51.2 Å². The van der Waals surface area contributed by atoms with Crippen molar-refractivity contribution < 1.29 is 4.42 Å². The zero-order valence-corrected chi connectivity index (χ0v) is 10.3. The summed E-state index contributed by atoms with van der Waals surface area (Å²) < 4.78 is 5.85. The summed E-state index contributed by atoms with van der Waals surface area (Å²) in [7, 11) is 0. The van der Waals surface area contributed by atoms with Crippen molar-refractivity contribution >= 4 is 22.7 Å². The average Bonchev–Trinajstić information content (AvgIpc) is 2.71. The van der Waals surface area contributed by atoms with E-state index >= 15 is 0 Å². The number of hydrogen-bond acceptors (Lipinski definition) is 4. The van der Waals surface area contributed by atoms with E-state index in [1.807, 2.05) is 6.07 Å². The Bertz CT molecular complexity index is 481. The van der Waals surface area contributed by atoms with Crippen LogP contribution in [0.2, 0.25) is 0 Å². The van der Waals surface area contributed by atoms with Crippen LogP contribution >= 0.6 is 11.8 Å². The van der Waals surface area contributed by atoms with Crippen LogP contribution in [0.15, 0.2) is 28.7 Å². The highest BCUT2D eigenvalue weighted by Gasteiger charge is 2.14. The number of para-hydroxylation sites is 1. The first kappa shape index (κ1) is 11.5. The number of fused-ring (bicyclic) bond motifs is 1. The number of hydrogen-bond donors (Lipinski definition) is 2. The summed E-state index contributed by atoms with van der Waals surface area (Å²) >= 11 is 1.74. The lowest BCUT2D eigenvalue weighted by atomic mass is 10.1. The van der Waals surface area contributed by atoms with E-state index in [9.17, 15) is 0 Å². The van der Waals surface area contributed by atoms with Gasteiger partial charge in [-0.1, -0.05) is 18.2 Å². The van der Waals surface area contributed by atoms with Gasteiger partial charge in [0.2, 0.25) is 0 Å². The van der Waals surface area contributed by atoms with Gasteiger partial charge >= 0.3 is 0 Å². The SMILES string of the molecule is CSCC(NN)c1cc2cccc(C)c2o1. The van der Waals surface area contributed by atoms with E-state index in [2.05, 4.69) is 36.8 Å². The van der Waals surface area contributed by atoms with Crippen LogP contribution in [0.25, 0.3) is 11.0 Å². The highest BCUT2D eigenvalue weighted by Crippen LogP contribution is 2.27. The second-order valence-corrected chi connectivity index (χ2v) is 4.73. The molecule has 3 N–H and O–H groups in total. The van der Waals surface area contributed by atoms with E-state index in [0.29, 0.717) is 0 Å². The summed E-state index contributed by atoms with van der Waals surface area (Å²) in [6.45, 7) is 2.05. The molecule has 0 amide bonds. The first-order valence-electron chi connectivity index (χ1n) is 5.20. The molecule has 1 heterocycles. The van der Waals surface area contributed by atoms with Gasteiger partial charge in [-0.05, 0) is 24.8 Å². The Morgan fingerprint density at radius 1 is 1.50 bits per heavy atom. The number of nitrogens with two attached hydrogens (primary N) is 1. The van der Waals surface area contributed by atoms with Crippen LogP contribution in [0.5, 0.6) is 0 Å². The Balaban J connectivity index is 2.42. The molecule has 0 fully saturated rings. The van der Waals surface area contributed by atoms with E-state index < -0.39 is 0 Å². The normalized spacial score (nSPS) is 13.2. The minimum Gasteiger partial charge on any atom is -0.459 e. The Kier molecular flexibility index (Phi) is 3.53. The molecular weight excluding hydrogens is 220 g/mol. The quantitative estimate of drug-likeness (QED) is 0.633. The maximum Gasteiger partial charge on any atom is 0.137 e. The molecule has 0 saturated heterocycles. The van der Waals surface area contributed by atoms with Crippen LogP contribution in [0, 0.1) is 6.92 Å². The van der Waals surface area contributed by atoms with Crippen LogP contribution in [0.4, 0.5) is 0 Å². The van der Waals surface area contributed by atoms with Crippen molar-refractivity contribution in [3.8, 4) is 0 Å². The van der Waals surface area contributed by atoms with Crippen molar-refractivity contribution in [3.63, 3.8) is 0 Å². The first-order valence-corrected chi connectivity index (χ1v) is 6.59. The monoisotopic (exact) mass is 236 g/mol. The minimum absolute atomic E-state index is 0.0711. The Labute approximate surface area is 99.4 Å². The fraction of sp³-hybridized carbons (Fsp3) is 0.333. The summed E-state index contributed by atoms with van der Waals surface area (Å²) in [6, 6.07) is 8.28. The summed E-state index contributed by atoms with van der Waals surface area (Å²) in [5.41, 5.74) is 4.90. The zero-order chi connectivity index (χ0) is 11.5. The van der Waals surface area contributed by atoms with Gasteiger partial charge in [-0.25, -0.2) is 5.43 Å². The molecule has 3 nitrogen and oxygen atoms in total. The molecule has 2 aromatic rings. The molecule has 4 heteroatoms. The molecule has 86 valence electrons. The van der Waals surface area contributed by atoms with Crippen molar-refractivity contribution in [2.75, 3.05) is 12.0 Å². The van der Waals surface area contributed by atoms with E-state index in [4.69, 9.17) is 10.3 Å². The third kappa shape index (κ3) is 2.09. The number of rotatable bonds is 4. The highest BCUT2D eigenvalue weighted by molar-refractivity contribution is 7.98. The van der Waals surface area contributed by atoms with Crippen LogP contribution in [0.1, 0.15) is 17.4 Å².